The standard InChI is InChI=1S/C15H22FN/c1-14(2,3)11-8-15(9-11,10-17)12-6-4-5-7-13(12)16/h4-7,11H,8-10,17H2,1-3H3. The lowest BCUT2D eigenvalue weighted by molar-refractivity contribution is 0.0482. The molecule has 1 aromatic rings. The van der Waals surface area contributed by atoms with E-state index < -0.39 is 0 Å². The van der Waals surface area contributed by atoms with Crippen molar-refractivity contribution in [2.45, 2.75) is 39.0 Å². The summed E-state index contributed by atoms with van der Waals surface area (Å²) < 4.78 is 13.9. The van der Waals surface area contributed by atoms with Crippen LogP contribution in [0.25, 0.3) is 0 Å². The second-order valence-corrected chi connectivity index (χ2v) is 6.44. The molecule has 0 amide bonds. The molecule has 0 bridgehead atoms. The number of benzene rings is 1. The molecule has 2 heteroatoms. The van der Waals surface area contributed by atoms with E-state index in [0.29, 0.717) is 17.9 Å². The van der Waals surface area contributed by atoms with Crippen LogP contribution in [0.4, 0.5) is 4.39 Å². The van der Waals surface area contributed by atoms with Gasteiger partial charge in [-0.05, 0) is 35.8 Å². The molecule has 1 aliphatic carbocycles. The maximum atomic E-state index is 13.9. The zero-order valence-corrected chi connectivity index (χ0v) is 11.0. The van der Waals surface area contributed by atoms with Crippen molar-refractivity contribution in [2.24, 2.45) is 17.1 Å². The van der Waals surface area contributed by atoms with Crippen LogP contribution in [0.1, 0.15) is 39.2 Å². The Kier molecular flexibility index (Phi) is 3.03. The molecule has 1 fully saturated rings. The molecule has 0 unspecified atom stereocenters. The van der Waals surface area contributed by atoms with E-state index >= 15 is 0 Å². The van der Waals surface area contributed by atoms with E-state index in [9.17, 15) is 4.39 Å². The quantitative estimate of drug-likeness (QED) is 0.834. The van der Waals surface area contributed by atoms with E-state index in [4.69, 9.17) is 5.73 Å². The average molecular weight is 235 g/mol. The molecule has 0 atom stereocenters. The fraction of sp³-hybridized carbons (Fsp3) is 0.600. The van der Waals surface area contributed by atoms with Gasteiger partial charge in [0, 0.05) is 12.0 Å². The monoisotopic (exact) mass is 235 g/mol. The third-order valence-corrected chi connectivity index (χ3v) is 4.33. The van der Waals surface area contributed by atoms with Crippen molar-refractivity contribution in [1.29, 1.82) is 0 Å². The van der Waals surface area contributed by atoms with E-state index in [-0.39, 0.29) is 11.2 Å². The molecule has 0 aliphatic heterocycles. The molecule has 0 radical (unpaired) electrons. The van der Waals surface area contributed by atoms with E-state index in [1.807, 2.05) is 12.1 Å². The van der Waals surface area contributed by atoms with Gasteiger partial charge in [0.2, 0.25) is 0 Å². The van der Waals surface area contributed by atoms with Crippen LogP contribution in [0.3, 0.4) is 0 Å². The van der Waals surface area contributed by atoms with Gasteiger partial charge >= 0.3 is 0 Å². The average Bonchev–Trinajstić information content (AvgIpc) is 2.18. The molecule has 1 aromatic carbocycles. The first-order valence-corrected chi connectivity index (χ1v) is 6.34. The van der Waals surface area contributed by atoms with Crippen LogP contribution in [-0.2, 0) is 5.41 Å². The molecule has 2 N–H and O–H groups in total. The Morgan fingerprint density at radius 2 is 1.88 bits per heavy atom. The van der Waals surface area contributed by atoms with Crippen LogP contribution >= 0.6 is 0 Å². The minimum atomic E-state index is -0.122. The number of halogens is 1. The van der Waals surface area contributed by atoms with Crippen LogP contribution in [0.15, 0.2) is 24.3 Å². The van der Waals surface area contributed by atoms with E-state index in [1.165, 1.54) is 6.07 Å². The number of rotatable bonds is 2. The van der Waals surface area contributed by atoms with Crippen molar-refractivity contribution in [1.82, 2.24) is 0 Å². The van der Waals surface area contributed by atoms with E-state index in [0.717, 1.165) is 18.4 Å². The maximum Gasteiger partial charge on any atom is 0.127 e. The smallest absolute Gasteiger partial charge is 0.127 e. The molecule has 0 saturated heterocycles. The third-order valence-electron chi connectivity index (χ3n) is 4.33. The molecule has 0 aromatic heterocycles. The highest BCUT2D eigenvalue weighted by molar-refractivity contribution is 5.31. The summed E-state index contributed by atoms with van der Waals surface area (Å²) in [5.74, 6) is 0.538. The van der Waals surface area contributed by atoms with Crippen LogP contribution in [0, 0.1) is 17.2 Å². The molecule has 17 heavy (non-hydrogen) atoms. The molecule has 1 nitrogen and oxygen atoms in total. The van der Waals surface area contributed by atoms with Crippen molar-refractivity contribution in [3.63, 3.8) is 0 Å². The molecule has 94 valence electrons. The van der Waals surface area contributed by atoms with Crippen molar-refractivity contribution in [3.8, 4) is 0 Å². The van der Waals surface area contributed by atoms with Gasteiger partial charge in [0.1, 0.15) is 5.82 Å². The zero-order chi connectivity index (χ0) is 12.7. The molecule has 0 spiro atoms. The lowest BCUT2D eigenvalue weighted by Gasteiger charge is -2.53. The van der Waals surface area contributed by atoms with Gasteiger partial charge in [-0.25, -0.2) is 4.39 Å². The highest BCUT2D eigenvalue weighted by Gasteiger charge is 2.49. The SMILES string of the molecule is CC(C)(C)C1CC(CN)(c2ccccc2F)C1. The predicted octanol–water partition coefficient (Wildman–Crippen LogP) is 3.48. The van der Waals surface area contributed by atoms with Crippen molar-refractivity contribution < 1.29 is 4.39 Å². The van der Waals surface area contributed by atoms with E-state index in [1.54, 1.807) is 6.07 Å². The summed E-state index contributed by atoms with van der Waals surface area (Å²) in [5.41, 5.74) is 6.89. The van der Waals surface area contributed by atoms with Crippen LogP contribution < -0.4 is 5.73 Å². The van der Waals surface area contributed by atoms with Crippen molar-refractivity contribution in [3.05, 3.63) is 35.6 Å². The third kappa shape index (κ3) is 2.11. The highest BCUT2D eigenvalue weighted by Crippen LogP contribution is 2.54. The fourth-order valence-electron chi connectivity index (χ4n) is 2.88. The molecule has 2 rings (SSSR count). The largest absolute Gasteiger partial charge is 0.330 e. The summed E-state index contributed by atoms with van der Waals surface area (Å²) in [7, 11) is 0. The Balaban J connectivity index is 2.23. The summed E-state index contributed by atoms with van der Waals surface area (Å²) in [4.78, 5) is 0. The van der Waals surface area contributed by atoms with Gasteiger partial charge < -0.3 is 5.73 Å². The number of nitrogens with two attached hydrogens (primary N) is 1. The molecule has 1 saturated carbocycles. The lowest BCUT2D eigenvalue weighted by Crippen LogP contribution is -2.51. The summed E-state index contributed by atoms with van der Waals surface area (Å²) in [6.45, 7) is 7.29. The summed E-state index contributed by atoms with van der Waals surface area (Å²) in [6, 6.07) is 7.07. The van der Waals surface area contributed by atoms with Gasteiger partial charge in [-0.15, -0.1) is 0 Å². The first kappa shape index (κ1) is 12.6. The molecule has 0 heterocycles. The Morgan fingerprint density at radius 3 is 2.35 bits per heavy atom. The lowest BCUT2D eigenvalue weighted by atomic mass is 9.52. The van der Waals surface area contributed by atoms with Gasteiger partial charge in [0.15, 0.2) is 0 Å². The Labute approximate surface area is 103 Å². The van der Waals surface area contributed by atoms with Gasteiger partial charge in [0.05, 0.1) is 0 Å². The van der Waals surface area contributed by atoms with Gasteiger partial charge in [-0.3, -0.25) is 0 Å². The minimum absolute atomic E-state index is 0.106. The summed E-state index contributed by atoms with van der Waals surface area (Å²) in [5, 5.41) is 0. The number of hydrogen-bond donors (Lipinski definition) is 1. The fourth-order valence-corrected chi connectivity index (χ4v) is 2.88. The Hall–Kier alpha value is -0.890. The predicted molar refractivity (Wildman–Crippen MR) is 69.3 cm³/mol. The maximum absolute atomic E-state index is 13.9. The highest BCUT2D eigenvalue weighted by atomic mass is 19.1. The van der Waals surface area contributed by atoms with Crippen LogP contribution in [0.2, 0.25) is 0 Å². The van der Waals surface area contributed by atoms with Gasteiger partial charge in [-0.1, -0.05) is 39.0 Å². The van der Waals surface area contributed by atoms with Gasteiger partial charge in [0.25, 0.3) is 0 Å². The van der Waals surface area contributed by atoms with Crippen LogP contribution in [-0.4, -0.2) is 6.54 Å². The van der Waals surface area contributed by atoms with E-state index in [2.05, 4.69) is 20.8 Å². The molecular weight excluding hydrogens is 213 g/mol. The second kappa shape index (κ2) is 4.09. The Bertz CT molecular complexity index is 400. The molecule has 1 aliphatic rings. The van der Waals surface area contributed by atoms with Gasteiger partial charge in [-0.2, -0.15) is 0 Å². The topological polar surface area (TPSA) is 26.0 Å². The zero-order valence-electron chi connectivity index (χ0n) is 11.0. The first-order valence-electron chi connectivity index (χ1n) is 6.34. The molecular formula is C15H22FN. The van der Waals surface area contributed by atoms with Crippen molar-refractivity contribution >= 4 is 0 Å². The summed E-state index contributed by atoms with van der Waals surface area (Å²) >= 11 is 0. The second-order valence-electron chi connectivity index (χ2n) is 6.44. The van der Waals surface area contributed by atoms with Crippen LogP contribution in [0.5, 0.6) is 0 Å². The van der Waals surface area contributed by atoms with Crippen molar-refractivity contribution in [2.75, 3.05) is 6.54 Å². The normalized spacial score (nSPS) is 28.9. The first-order chi connectivity index (χ1) is 7.89. The minimum Gasteiger partial charge on any atom is -0.330 e. The summed E-state index contributed by atoms with van der Waals surface area (Å²) in [6.07, 6.45) is 2.02. The number of hydrogen-bond acceptors (Lipinski definition) is 1. The Morgan fingerprint density at radius 1 is 1.29 bits per heavy atom.